The van der Waals surface area contributed by atoms with Gasteiger partial charge in [-0.1, -0.05) is 12.1 Å². The molecule has 72 valence electrons. The summed E-state index contributed by atoms with van der Waals surface area (Å²) in [6.45, 7) is 0. The van der Waals surface area contributed by atoms with Crippen LogP contribution in [0.3, 0.4) is 0 Å². The molecule has 0 aliphatic carbocycles. The SMILES string of the molecule is Nc1c(CS)cccc1C(F)(F)F. The van der Waals surface area contributed by atoms with E-state index < -0.39 is 11.7 Å². The molecule has 1 aromatic rings. The number of benzene rings is 1. The van der Waals surface area contributed by atoms with Crippen molar-refractivity contribution in [1.82, 2.24) is 0 Å². The van der Waals surface area contributed by atoms with Crippen LogP contribution in [0.1, 0.15) is 11.1 Å². The molecular formula is C8H8F3NS. The van der Waals surface area contributed by atoms with Gasteiger partial charge in [-0.2, -0.15) is 25.8 Å². The van der Waals surface area contributed by atoms with Crippen molar-refractivity contribution in [3.8, 4) is 0 Å². The smallest absolute Gasteiger partial charge is 0.398 e. The van der Waals surface area contributed by atoms with E-state index in [4.69, 9.17) is 5.73 Å². The van der Waals surface area contributed by atoms with Crippen molar-refractivity contribution in [2.24, 2.45) is 0 Å². The fourth-order valence-electron chi connectivity index (χ4n) is 0.998. The normalized spacial score (nSPS) is 11.7. The molecule has 1 aromatic carbocycles. The van der Waals surface area contributed by atoms with Crippen LogP contribution >= 0.6 is 12.6 Å². The third-order valence-electron chi connectivity index (χ3n) is 1.67. The van der Waals surface area contributed by atoms with Crippen LogP contribution in [0.2, 0.25) is 0 Å². The number of hydrogen-bond acceptors (Lipinski definition) is 2. The molecule has 0 amide bonds. The average Bonchev–Trinajstić information content (AvgIpc) is 2.02. The second kappa shape index (κ2) is 3.49. The largest absolute Gasteiger partial charge is 0.418 e. The van der Waals surface area contributed by atoms with Gasteiger partial charge < -0.3 is 5.73 Å². The van der Waals surface area contributed by atoms with E-state index in [1.54, 1.807) is 0 Å². The van der Waals surface area contributed by atoms with E-state index in [0.29, 0.717) is 5.56 Å². The number of alkyl halides is 3. The monoisotopic (exact) mass is 207 g/mol. The van der Waals surface area contributed by atoms with E-state index in [-0.39, 0.29) is 11.4 Å². The third kappa shape index (κ3) is 2.09. The first-order valence-electron chi connectivity index (χ1n) is 3.52. The van der Waals surface area contributed by atoms with Gasteiger partial charge in [0.05, 0.1) is 5.56 Å². The first kappa shape index (κ1) is 10.2. The van der Waals surface area contributed by atoms with Gasteiger partial charge in [-0.3, -0.25) is 0 Å². The highest BCUT2D eigenvalue weighted by Crippen LogP contribution is 2.35. The lowest BCUT2D eigenvalue weighted by atomic mass is 10.1. The van der Waals surface area contributed by atoms with Gasteiger partial charge in [-0.15, -0.1) is 0 Å². The second-order valence-corrected chi connectivity index (χ2v) is 2.85. The van der Waals surface area contributed by atoms with E-state index in [2.05, 4.69) is 12.6 Å². The van der Waals surface area contributed by atoms with Gasteiger partial charge in [0.15, 0.2) is 0 Å². The molecule has 0 radical (unpaired) electrons. The topological polar surface area (TPSA) is 26.0 Å². The third-order valence-corrected chi connectivity index (χ3v) is 2.01. The Kier molecular flexibility index (Phi) is 2.75. The Morgan fingerprint density at radius 2 is 1.92 bits per heavy atom. The van der Waals surface area contributed by atoms with E-state index in [0.717, 1.165) is 6.07 Å². The summed E-state index contributed by atoms with van der Waals surface area (Å²) in [6, 6.07) is 3.81. The number of nitrogens with two attached hydrogens (primary N) is 1. The van der Waals surface area contributed by atoms with Crippen LogP contribution in [-0.4, -0.2) is 0 Å². The Morgan fingerprint density at radius 1 is 1.31 bits per heavy atom. The highest BCUT2D eigenvalue weighted by molar-refractivity contribution is 7.79. The van der Waals surface area contributed by atoms with Crippen LogP contribution in [0.5, 0.6) is 0 Å². The molecule has 0 saturated carbocycles. The predicted octanol–water partition coefficient (Wildman–Crippen LogP) is 2.72. The molecule has 1 nitrogen and oxygen atoms in total. The fraction of sp³-hybridized carbons (Fsp3) is 0.250. The lowest BCUT2D eigenvalue weighted by Gasteiger charge is -2.11. The molecule has 0 unspecified atom stereocenters. The summed E-state index contributed by atoms with van der Waals surface area (Å²) in [6.07, 6.45) is -4.39. The number of anilines is 1. The Hall–Kier alpha value is -0.840. The molecule has 13 heavy (non-hydrogen) atoms. The Balaban J connectivity index is 3.24. The summed E-state index contributed by atoms with van der Waals surface area (Å²) in [5, 5.41) is 0. The van der Waals surface area contributed by atoms with Crippen LogP contribution in [0.15, 0.2) is 18.2 Å². The Labute approximate surface area is 79.2 Å². The first-order valence-corrected chi connectivity index (χ1v) is 4.15. The minimum Gasteiger partial charge on any atom is -0.398 e. The van der Waals surface area contributed by atoms with E-state index >= 15 is 0 Å². The van der Waals surface area contributed by atoms with Crippen LogP contribution in [-0.2, 0) is 11.9 Å². The molecule has 0 aliphatic heterocycles. The zero-order chi connectivity index (χ0) is 10.1. The number of halogens is 3. The minimum atomic E-state index is -4.39. The van der Waals surface area contributed by atoms with Crippen molar-refractivity contribution in [2.45, 2.75) is 11.9 Å². The van der Waals surface area contributed by atoms with Crippen LogP contribution < -0.4 is 5.73 Å². The minimum absolute atomic E-state index is 0.204. The van der Waals surface area contributed by atoms with Gasteiger partial charge in [-0.05, 0) is 11.6 Å². The zero-order valence-corrected chi connectivity index (χ0v) is 7.49. The maximum absolute atomic E-state index is 12.3. The van der Waals surface area contributed by atoms with Gasteiger partial charge in [0.25, 0.3) is 0 Å². The molecular weight excluding hydrogens is 199 g/mol. The molecule has 1 rings (SSSR count). The molecule has 0 fully saturated rings. The van der Waals surface area contributed by atoms with Crippen molar-refractivity contribution in [3.63, 3.8) is 0 Å². The quantitative estimate of drug-likeness (QED) is 0.537. The molecule has 0 aliphatic rings. The van der Waals surface area contributed by atoms with Crippen molar-refractivity contribution < 1.29 is 13.2 Å². The van der Waals surface area contributed by atoms with Gasteiger partial charge >= 0.3 is 6.18 Å². The predicted molar refractivity (Wildman–Crippen MR) is 48.5 cm³/mol. The lowest BCUT2D eigenvalue weighted by Crippen LogP contribution is -2.10. The summed E-state index contributed by atoms with van der Waals surface area (Å²) in [7, 11) is 0. The Bertz CT molecular complexity index is 309. The number of thiol groups is 1. The van der Waals surface area contributed by atoms with Gasteiger partial charge in [0.1, 0.15) is 0 Å². The summed E-state index contributed by atoms with van der Waals surface area (Å²) >= 11 is 3.88. The Morgan fingerprint density at radius 3 is 2.38 bits per heavy atom. The summed E-state index contributed by atoms with van der Waals surface area (Å²) in [4.78, 5) is 0. The molecule has 0 heterocycles. The lowest BCUT2D eigenvalue weighted by molar-refractivity contribution is -0.136. The van der Waals surface area contributed by atoms with E-state index in [1.807, 2.05) is 0 Å². The summed E-state index contributed by atoms with van der Waals surface area (Å²) < 4.78 is 36.8. The number of hydrogen-bond donors (Lipinski definition) is 2. The molecule has 5 heteroatoms. The van der Waals surface area contributed by atoms with Crippen molar-refractivity contribution >= 4 is 18.3 Å². The standard InChI is InChI=1S/C8H8F3NS/c9-8(10,11)6-3-1-2-5(4-13)7(6)12/h1-3,13H,4,12H2. The van der Waals surface area contributed by atoms with Crippen molar-refractivity contribution in [1.29, 1.82) is 0 Å². The average molecular weight is 207 g/mol. The molecule has 0 bridgehead atoms. The molecule has 0 atom stereocenters. The molecule has 0 aromatic heterocycles. The maximum Gasteiger partial charge on any atom is 0.418 e. The molecule has 0 spiro atoms. The van der Waals surface area contributed by atoms with Crippen LogP contribution in [0.4, 0.5) is 18.9 Å². The highest BCUT2D eigenvalue weighted by atomic mass is 32.1. The summed E-state index contributed by atoms with van der Waals surface area (Å²) in [5.41, 5.74) is 4.69. The highest BCUT2D eigenvalue weighted by Gasteiger charge is 2.33. The van der Waals surface area contributed by atoms with Crippen molar-refractivity contribution in [3.05, 3.63) is 29.3 Å². The van der Waals surface area contributed by atoms with Crippen LogP contribution in [0, 0.1) is 0 Å². The maximum atomic E-state index is 12.3. The zero-order valence-electron chi connectivity index (χ0n) is 6.60. The van der Waals surface area contributed by atoms with E-state index in [9.17, 15) is 13.2 Å². The first-order chi connectivity index (χ1) is 5.96. The summed E-state index contributed by atoms with van der Waals surface area (Å²) in [5.74, 6) is 0.204. The molecule has 0 saturated heterocycles. The second-order valence-electron chi connectivity index (χ2n) is 2.53. The molecule has 2 N–H and O–H groups in total. The number of rotatable bonds is 1. The van der Waals surface area contributed by atoms with Gasteiger partial charge in [-0.25, -0.2) is 0 Å². The van der Waals surface area contributed by atoms with Gasteiger partial charge in [0.2, 0.25) is 0 Å². The van der Waals surface area contributed by atoms with Crippen LogP contribution in [0.25, 0.3) is 0 Å². The number of nitrogen functional groups attached to an aromatic ring is 1. The van der Waals surface area contributed by atoms with Gasteiger partial charge in [0, 0.05) is 11.4 Å². The number of para-hydroxylation sites is 1. The van der Waals surface area contributed by atoms with Crippen molar-refractivity contribution in [2.75, 3.05) is 5.73 Å². The van der Waals surface area contributed by atoms with E-state index in [1.165, 1.54) is 12.1 Å². The fourth-order valence-corrected chi connectivity index (χ4v) is 1.27.